The molecular weight excluding hydrogens is 156 g/mol. The van der Waals surface area contributed by atoms with Gasteiger partial charge < -0.3 is 14.6 Å². The van der Waals surface area contributed by atoms with Crippen LogP contribution in [0.25, 0.3) is 0 Å². The maximum Gasteiger partial charge on any atom is 0.101 e. The third kappa shape index (κ3) is 7.98. The average Bonchev–Trinajstić information content (AvgIpc) is 1.98. The molecule has 1 atom stereocenters. The van der Waals surface area contributed by atoms with Gasteiger partial charge in [0.1, 0.15) is 6.10 Å². The van der Waals surface area contributed by atoms with E-state index in [4.69, 9.17) is 14.6 Å². The highest BCUT2D eigenvalue weighted by Crippen LogP contribution is 1.99. The number of methoxy groups -OCH3 is 1. The first kappa shape index (κ1) is 11.9. The Bertz CT molecular complexity index is 93.8. The summed E-state index contributed by atoms with van der Waals surface area (Å²) in [7, 11) is 1.57. The van der Waals surface area contributed by atoms with E-state index in [0.29, 0.717) is 19.1 Å². The lowest BCUT2D eigenvalue weighted by Gasteiger charge is -2.10. The predicted molar refractivity (Wildman–Crippen MR) is 48.2 cm³/mol. The first-order valence-corrected chi connectivity index (χ1v) is 4.41. The molecule has 3 heteroatoms. The van der Waals surface area contributed by atoms with Crippen molar-refractivity contribution in [3.63, 3.8) is 0 Å². The smallest absolute Gasteiger partial charge is 0.101 e. The van der Waals surface area contributed by atoms with Crippen LogP contribution in [0.1, 0.15) is 20.3 Å². The van der Waals surface area contributed by atoms with E-state index < -0.39 is 6.10 Å². The molecule has 0 fully saturated rings. The minimum Gasteiger partial charge on any atom is -0.388 e. The lowest BCUT2D eigenvalue weighted by atomic mass is 10.1. The molecule has 0 amide bonds. The zero-order valence-corrected chi connectivity index (χ0v) is 8.25. The fourth-order valence-corrected chi connectivity index (χ4v) is 0.779. The molecule has 1 unspecified atom stereocenters. The van der Waals surface area contributed by atoms with E-state index in [1.165, 1.54) is 0 Å². The zero-order chi connectivity index (χ0) is 9.40. The second kappa shape index (κ2) is 7.53. The van der Waals surface area contributed by atoms with Gasteiger partial charge in [0.15, 0.2) is 0 Å². The molecule has 0 aromatic heterocycles. The molecule has 0 bridgehead atoms. The summed E-state index contributed by atoms with van der Waals surface area (Å²) in [4.78, 5) is 0. The first-order chi connectivity index (χ1) is 5.66. The molecule has 74 valence electrons. The minimum absolute atomic E-state index is 0.349. The number of hydrogen-bond donors (Lipinski definition) is 1. The highest BCUT2D eigenvalue weighted by atomic mass is 16.5. The van der Waals surface area contributed by atoms with Crippen molar-refractivity contribution in [2.24, 2.45) is 5.92 Å². The fraction of sp³-hybridized carbons (Fsp3) is 1.00. The van der Waals surface area contributed by atoms with E-state index in [0.717, 1.165) is 13.0 Å². The summed E-state index contributed by atoms with van der Waals surface area (Å²) in [5.41, 5.74) is 0. The molecule has 0 aromatic rings. The first-order valence-electron chi connectivity index (χ1n) is 4.41. The molecule has 0 aromatic carbocycles. The monoisotopic (exact) mass is 176 g/mol. The summed E-state index contributed by atoms with van der Waals surface area (Å²) in [6.45, 7) is 5.74. The predicted octanol–water partition coefficient (Wildman–Crippen LogP) is 1.06. The van der Waals surface area contributed by atoms with Crippen LogP contribution in [0.15, 0.2) is 0 Å². The molecule has 0 aliphatic carbocycles. The summed E-state index contributed by atoms with van der Waals surface area (Å²) >= 11 is 0. The maximum atomic E-state index is 9.16. The highest BCUT2D eigenvalue weighted by Gasteiger charge is 2.02. The Kier molecular flexibility index (Phi) is 7.45. The van der Waals surface area contributed by atoms with Crippen molar-refractivity contribution < 1.29 is 14.6 Å². The Hall–Kier alpha value is -0.120. The van der Waals surface area contributed by atoms with E-state index in [9.17, 15) is 0 Å². The van der Waals surface area contributed by atoms with Gasteiger partial charge in [-0.2, -0.15) is 0 Å². The van der Waals surface area contributed by atoms with Gasteiger partial charge in [-0.05, 0) is 12.3 Å². The number of hydrogen-bond acceptors (Lipinski definition) is 3. The third-order valence-electron chi connectivity index (χ3n) is 1.51. The van der Waals surface area contributed by atoms with Gasteiger partial charge in [-0.1, -0.05) is 13.8 Å². The molecular formula is C9H20O3. The van der Waals surface area contributed by atoms with Crippen LogP contribution >= 0.6 is 0 Å². The van der Waals surface area contributed by atoms with Crippen molar-refractivity contribution in [1.82, 2.24) is 0 Å². The van der Waals surface area contributed by atoms with E-state index in [2.05, 4.69) is 13.8 Å². The van der Waals surface area contributed by atoms with Crippen molar-refractivity contribution in [3.8, 4) is 0 Å². The molecule has 0 heterocycles. The Morgan fingerprint density at radius 2 is 1.92 bits per heavy atom. The number of rotatable bonds is 7. The van der Waals surface area contributed by atoms with Crippen LogP contribution in [0.2, 0.25) is 0 Å². The molecule has 0 saturated carbocycles. The van der Waals surface area contributed by atoms with Gasteiger partial charge in [0.05, 0.1) is 13.2 Å². The van der Waals surface area contributed by atoms with Crippen LogP contribution in [-0.4, -0.2) is 38.1 Å². The minimum atomic E-state index is -0.484. The zero-order valence-electron chi connectivity index (χ0n) is 8.25. The van der Waals surface area contributed by atoms with E-state index in [1.807, 2.05) is 0 Å². The van der Waals surface area contributed by atoms with Crippen molar-refractivity contribution >= 4 is 0 Å². The molecule has 1 N–H and O–H groups in total. The molecule has 3 nitrogen and oxygen atoms in total. The maximum absolute atomic E-state index is 9.16. The Labute approximate surface area is 74.7 Å². The molecule has 0 spiro atoms. The lowest BCUT2D eigenvalue weighted by molar-refractivity contribution is -0.00820. The van der Waals surface area contributed by atoms with Crippen molar-refractivity contribution in [2.75, 3.05) is 26.9 Å². The topological polar surface area (TPSA) is 38.7 Å². The molecule has 0 saturated heterocycles. The summed E-state index contributed by atoms with van der Waals surface area (Å²) in [6.07, 6.45) is 0.557. The quantitative estimate of drug-likeness (QED) is 0.589. The number of aliphatic hydroxyl groups is 1. The van der Waals surface area contributed by atoms with Crippen molar-refractivity contribution in [3.05, 3.63) is 0 Å². The van der Waals surface area contributed by atoms with Crippen LogP contribution in [0.4, 0.5) is 0 Å². The lowest BCUT2D eigenvalue weighted by Crippen LogP contribution is -2.21. The molecule has 12 heavy (non-hydrogen) atoms. The van der Waals surface area contributed by atoms with E-state index in [1.54, 1.807) is 7.11 Å². The van der Waals surface area contributed by atoms with Gasteiger partial charge in [0.2, 0.25) is 0 Å². The van der Waals surface area contributed by atoms with Gasteiger partial charge in [-0.3, -0.25) is 0 Å². The summed E-state index contributed by atoms with van der Waals surface area (Å²) in [5, 5.41) is 9.16. The van der Waals surface area contributed by atoms with Gasteiger partial charge in [-0.25, -0.2) is 0 Å². The van der Waals surface area contributed by atoms with Gasteiger partial charge in [0.25, 0.3) is 0 Å². The van der Waals surface area contributed by atoms with Crippen molar-refractivity contribution in [1.29, 1.82) is 0 Å². The second-order valence-corrected chi connectivity index (χ2v) is 3.37. The summed E-state index contributed by atoms with van der Waals surface area (Å²) in [5.74, 6) is 0.657. The molecule has 0 radical (unpaired) electrons. The van der Waals surface area contributed by atoms with Crippen LogP contribution in [0, 0.1) is 5.92 Å². The van der Waals surface area contributed by atoms with Crippen LogP contribution in [0.3, 0.4) is 0 Å². The molecule has 0 rings (SSSR count). The van der Waals surface area contributed by atoms with Crippen molar-refractivity contribution in [2.45, 2.75) is 26.4 Å². The summed E-state index contributed by atoms with van der Waals surface area (Å²) < 4.78 is 9.98. The van der Waals surface area contributed by atoms with E-state index >= 15 is 0 Å². The summed E-state index contributed by atoms with van der Waals surface area (Å²) in [6, 6.07) is 0. The third-order valence-corrected chi connectivity index (χ3v) is 1.51. The normalized spacial score (nSPS) is 13.8. The Morgan fingerprint density at radius 3 is 2.42 bits per heavy atom. The van der Waals surface area contributed by atoms with Gasteiger partial charge in [-0.15, -0.1) is 0 Å². The largest absolute Gasteiger partial charge is 0.388 e. The van der Waals surface area contributed by atoms with Crippen LogP contribution in [-0.2, 0) is 9.47 Å². The average molecular weight is 176 g/mol. The number of ether oxygens (including phenoxy) is 2. The second-order valence-electron chi connectivity index (χ2n) is 3.37. The van der Waals surface area contributed by atoms with Gasteiger partial charge >= 0.3 is 0 Å². The molecule has 0 aliphatic heterocycles. The fourth-order valence-electron chi connectivity index (χ4n) is 0.779. The SMILES string of the molecule is COCC(O)COCCC(C)C. The standard InChI is InChI=1S/C9H20O3/c1-8(2)4-5-12-7-9(10)6-11-3/h8-10H,4-7H2,1-3H3. The van der Waals surface area contributed by atoms with Crippen LogP contribution in [0.5, 0.6) is 0 Å². The Balaban J connectivity index is 3.08. The van der Waals surface area contributed by atoms with Gasteiger partial charge in [0, 0.05) is 13.7 Å². The molecule has 0 aliphatic rings. The Morgan fingerprint density at radius 1 is 1.25 bits per heavy atom. The number of aliphatic hydroxyl groups excluding tert-OH is 1. The highest BCUT2D eigenvalue weighted by molar-refractivity contribution is 4.51. The van der Waals surface area contributed by atoms with E-state index in [-0.39, 0.29) is 0 Å². The van der Waals surface area contributed by atoms with Crippen LogP contribution < -0.4 is 0 Å².